The van der Waals surface area contributed by atoms with Gasteiger partial charge >= 0.3 is 0 Å². The van der Waals surface area contributed by atoms with Gasteiger partial charge in [-0.1, -0.05) is 6.08 Å². The maximum absolute atomic E-state index is 9.22. The summed E-state index contributed by atoms with van der Waals surface area (Å²) in [7, 11) is 0. The van der Waals surface area contributed by atoms with Crippen LogP contribution in [0.25, 0.3) is 5.57 Å². The van der Waals surface area contributed by atoms with Crippen molar-refractivity contribution in [3.8, 4) is 5.75 Å². The van der Waals surface area contributed by atoms with Crippen LogP contribution in [0.3, 0.4) is 0 Å². The van der Waals surface area contributed by atoms with E-state index >= 15 is 0 Å². The van der Waals surface area contributed by atoms with Crippen LogP contribution in [-0.4, -0.2) is 22.8 Å². The van der Waals surface area contributed by atoms with Crippen LogP contribution in [0.5, 0.6) is 5.75 Å². The van der Waals surface area contributed by atoms with Crippen molar-refractivity contribution < 1.29 is 5.11 Å². The maximum Gasteiger partial charge on any atom is 0.134 e. The fourth-order valence-corrected chi connectivity index (χ4v) is 1.53. The molecule has 0 fully saturated rings. The Balaban J connectivity index is 2.41. The summed E-state index contributed by atoms with van der Waals surface area (Å²) in [5.74, 6) is 0.208. The molecule has 0 amide bonds. The van der Waals surface area contributed by atoms with Crippen molar-refractivity contribution in [2.75, 3.05) is 6.54 Å². The van der Waals surface area contributed by atoms with E-state index in [4.69, 9.17) is 0 Å². The molecule has 0 unspecified atom stereocenters. The van der Waals surface area contributed by atoms with E-state index in [2.05, 4.69) is 16.1 Å². The van der Waals surface area contributed by atoms with Crippen LogP contribution in [0.1, 0.15) is 17.7 Å². The lowest BCUT2D eigenvalue weighted by molar-refractivity contribution is 0.472. The van der Waals surface area contributed by atoms with Crippen LogP contribution in [0.2, 0.25) is 0 Å². The van der Waals surface area contributed by atoms with Gasteiger partial charge in [0.1, 0.15) is 5.75 Å². The Morgan fingerprint density at radius 3 is 2.93 bits per heavy atom. The minimum absolute atomic E-state index is 0.208. The number of hydrogen-bond donors (Lipinski definition) is 1. The highest BCUT2D eigenvalue weighted by atomic mass is 16.3. The van der Waals surface area contributed by atoms with Crippen molar-refractivity contribution in [3.63, 3.8) is 0 Å². The summed E-state index contributed by atoms with van der Waals surface area (Å²) >= 11 is 0. The average Bonchev–Trinajstić information content (AvgIpc) is 2.19. The van der Waals surface area contributed by atoms with Crippen molar-refractivity contribution >= 4 is 11.8 Å². The number of rotatable bonds is 1. The van der Waals surface area contributed by atoms with Gasteiger partial charge in [-0.05, 0) is 25.0 Å². The van der Waals surface area contributed by atoms with Crippen LogP contribution in [-0.2, 0) is 0 Å². The predicted octanol–water partition coefficient (Wildman–Crippen LogP) is 1.95. The highest BCUT2D eigenvalue weighted by Crippen LogP contribution is 2.20. The fourth-order valence-electron chi connectivity index (χ4n) is 1.53. The molecule has 0 bridgehead atoms. The number of aliphatic imine (C=N–C) groups is 1. The standard InChI is InChI=1S/C11H12N2O/c1-8-5-10(14)7-13-11(8)9-3-2-4-12-6-9/h3,5-7,14H,2,4H2,1H3. The molecule has 0 radical (unpaired) electrons. The molecule has 1 aliphatic heterocycles. The monoisotopic (exact) mass is 188 g/mol. The van der Waals surface area contributed by atoms with Crippen LogP contribution in [0.15, 0.2) is 23.3 Å². The number of aryl methyl sites for hydroxylation is 1. The first-order chi connectivity index (χ1) is 6.77. The fraction of sp³-hybridized carbons (Fsp3) is 0.273. The molecule has 3 heteroatoms. The molecule has 0 aliphatic carbocycles. The third-order valence-electron chi connectivity index (χ3n) is 2.19. The van der Waals surface area contributed by atoms with Gasteiger partial charge in [0, 0.05) is 18.3 Å². The molecule has 14 heavy (non-hydrogen) atoms. The van der Waals surface area contributed by atoms with Gasteiger partial charge in [-0.15, -0.1) is 0 Å². The van der Waals surface area contributed by atoms with Gasteiger partial charge in [0.15, 0.2) is 0 Å². The molecule has 1 aromatic rings. The predicted molar refractivity (Wildman–Crippen MR) is 56.6 cm³/mol. The average molecular weight is 188 g/mol. The number of hydrogen-bond acceptors (Lipinski definition) is 3. The first-order valence-electron chi connectivity index (χ1n) is 4.63. The van der Waals surface area contributed by atoms with Gasteiger partial charge in [-0.3, -0.25) is 9.98 Å². The first kappa shape index (κ1) is 8.94. The van der Waals surface area contributed by atoms with Crippen molar-refractivity contribution in [2.24, 2.45) is 4.99 Å². The quantitative estimate of drug-likeness (QED) is 0.732. The Hall–Kier alpha value is -1.64. The Morgan fingerprint density at radius 2 is 2.29 bits per heavy atom. The Morgan fingerprint density at radius 1 is 1.43 bits per heavy atom. The number of dihydropyridines is 1. The summed E-state index contributed by atoms with van der Waals surface area (Å²) < 4.78 is 0. The minimum Gasteiger partial charge on any atom is -0.506 e. The molecule has 0 atom stereocenters. The molecule has 0 spiro atoms. The molecule has 3 nitrogen and oxygen atoms in total. The lowest BCUT2D eigenvalue weighted by atomic mass is 10.1. The van der Waals surface area contributed by atoms with E-state index in [1.807, 2.05) is 13.1 Å². The summed E-state index contributed by atoms with van der Waals surface area (Å²) in [6, 6.07) is 1.71. The second-order valence-corrected chi connectivity index (χ2v) is 3.34. The van der Waals surface area contributed by atoms with Crippen LogP contribution < -0.4 is 0 Å². The highest BCUT2D eigenvalue weighted by Gasteiger charge is 2.07. The summed E-state index contributed by atoms with van der Waals surface area (Å²) in [4.78, 5) is 8.39. The Kier molecular flexibility index (Phi) is 2.31. The second-order valence-electron chi connectivity index (χ2n) is 3.34. The van der Waals surface area contributed by atoms with Crippen molar-refractivity contribution in [3.05, 3.63) is 29.6 Å². The third-order valence-corrected chi connectivity index (χ3v) is 2.19. The van der Waals surface area contributed by atoms with E-state index in [9.17, 15) is 5.11 Å². The smallest absolute Gasteiger partial charge is 0.134 e. The number of nitrogens with zero attached hydrogens (tertiary/aromatic N) is 2. The topological polar surface area (TPSA) is 45.5 Å². The molecule has 1 aromatic heterocycles. The molecular formula is C11H12N2O. The summed E-state index contributed by atoms with van der Waals surface area (Å²) in [5, 5.41) is 9.22. The first-order valence-corrected chi connectivity index (χ1v) is 4.63. The zero-order valence-corrected chi connectivity index (χ0v) is 8.07. The van der Waals surface area contributed by atoms with Gasteiger partial charge < -0.3 is 5.11 Å². The normalized spacial score (nSPS) is 15.4. The van der Waals surface area contributed by atoms with Gasteiger partial charge in [0.05, 0.1) is 11.9 Å². The van der Waals surface area contributed by atoms with Crippen LogP contribution in [0.4, 0.5) is 0 Å². The largest absolute Gasteiger partial charge is 0.506 e. The Bertz CT molecular complexity index is 408. The van der Waals surface area contributed by atoms with Crippen LogP contribution in [0, 0.1) is 6.92 Å². The molecule has 0 saturated carbocycles. The maximum atomic E-state index is 9.22. The summed E-state index contributed by atoms with van der Waals surface area (Å²) in [6.07, 6.45) is 6.40. The molecule has 2 heterocycles. The number of aromatic nitrogens is 1. The van der Waals surface area contributed by atoms with Gasteiger partial charge in [-0.2, -0.15) is 0 Å². The molecular weight excluding hydrogens is 176 g/mol. The number of pyridine rings is 1. The SMILES string of the molecule is Cc1cc(O)cnc1C1=CCCN=C1. The number of allylic oxidation sites excluding steroid dienone is 1. The minimum atomic E-state index is 0.208. The molecule has 0 aromatic carbocycles. The van der Waals surface area contributed by atoms with Gasteiger partial charge in [-0.25, -0.2) is 0 Å². The van der Waals surface area contributed by atoms with Gasteiger partial charge in [0.25, 0.3) is 0 Å². The van der Waals surface area contributed by atoms with Crippen molar-refractivity contribution in [2.45, 2.75) is 13.3 Å². The Labute approximate surface area is 82.8 Å². The van der Waals surface area contributed by atoms with E-state index in [1.165, 1.54) is 6.20 Å². The third kappa shape index (κ3) is 1.66. The summed E-state index contributed by atoms with van der Waals surface area (Å²) in [5.41, 5.74) is 2.93. The molecule has 2 rings (SSSR count). The lowest BCUT2D eigenvalue weighted by Gasteiger charge is -2.08. The summed E-state index contributed by atoms with van der Waals surface area (Å²) in [6.45, 7) is 2.80. The van der Waals surface area contributed by atoms with E-state index in [-0.39, 0.29) is 5.75 Å². The van der Waals surface area contributed by atoms with Gasteiger partial charge in [0.2, 0.25) is 0 Å². The molecule has 0 saturated heterocycles. The van der Waals surface area contributed by atoms with Crippen LogP contribution >= 0.6 is 0 Å². The highest BCUT2D eigenvalue weighted by molar-refractivity contribution is 6.10. The van der Waals surface area contributed by atoms with Crippen molar-refractivity contribution in [1.29, 1.82) is 0 Å². The number of aromatic hydroxyl groups is 1. The van der Waals surface area contributed by atoms with E-state index < -0.39 is 0 Å². The molecule has 72 valence electrons. The van der Waals surface area contributed by atoms with E-state index in [0.717, 1.165) is 29.8 Å². The van der Waals surface area contributed by atoms with E-state index in [0.29, 0.717) is 0 Å². The zero-order valence-electron chi connectivity index (χ0n) is 8.07. The second kappa shape index (κ2) is 3.62. The lowest BCUT2D eigenvalue weighted by Crippen LogP contribution is -1.98. The molecule has 1 aliphatic rings. The molecule has 1 N–H and O–H groups in total. The van der Waals surface area contributed by atoms with Crippen molar-refractivity contribution in [1.82, 2.24) is 4.98 Å². The zero-order chi connectivity index (χ0) is 9.97. The van der Waals surface area contributed by atoms with E-state index in [1.54, 1.807) is 6.07 Å².